The third kappa shape index (κ3) is 3.37. The molecule has 1 aliphatic rings. The van der Waals surface area contributed by atoms with Gasteiger partial charge >= 0.3 is 0 Å². The number of rotatable bonds is 8. The molecule has 0 saturated heterocycles. The molecule has 5 rings (SSSR count). The summed E-state index contributed by atoms with van der Waals surface area (Å²) in [7, 11) is 0. The molecule has 4 aromatic carbocycles. The summed E-state index contributed by atoms with van der Waals surface area (Å²) in [5, 5.41) is 20.1. The van der Waals surface area contributed by atoms with E-state index in [0.717, 1.165) is 27.5 Å². The van der Waals surface area contributed by atoms with Gasteiger partial charge in [-0.25, -0.2) is 0 Å². The minimum Gasteiger partial charge on any atom is -0.491 e. The summed E-state index contributed by atoms with van der Waals surface area (Å²) in [5.74, 6) is 1.30. The van der Waals surface area contributed by atoms with E-state index in [9.17, 15) is 4.79 Å². The second-order valence-electron chi connectivity index (χ2n) is 7.98. The van der Waals surface area contributed by atoms with Crippen LogP contribution in [-0.2, 0) is 5.41 Å². The molecule has 0 bridgehead atoms. The number of hydrogen-bond acceptors (Lipinski definition) is 5. The van der Waals surface area contributed by atoms with Gasteiger partial charge in [0, 0.05) is 5.56 Å². The maximum absolute atomic E-state index is 14.2. The normalized spacial score (nSPS) is 13.9. The van der Waals surface area contributed by atoms with Gasteiger partial charge in [0.15, 0.2) is 5.78 Å². The van der Waals surface area contributed by atoms with Crippen molar-refractivity contribution < 1.29 is 24.5 Å². The van der Waals surface area contributed by atoms with Crippen LogP contribution in [-0.4, -0.2) is 42.4 Å². The second kappa shape index (κ2) is 8.70. The number of carbonyl (C=O) groups excluding carboxylic acids is 1. The molecule has 0 heterocycles. The van der Waals surface area contributed by atoms with Crippen LogP contribution in [0, 0.1) is 0 Å². The SMILES string of the molecule is O=C1c2cccc3cccc(c23)C1(c1ccc(OCCO)cc1)c1ccc(OCCO)cc1. The molecular formula is C28H24O5. The van der Waals surface area contributed by atoms with E-state index in [4.69, 9.17) is 19.7 Å². The number of aliphatic hydroxyl groups excluding tert-OH is 2. The van der Waals surface area contributed by atoms with Crippen LogP contribution in [0.4, 0.5) is 0 Å². The van der Waals surface area contributed by atoms with E-state index in [1.54, 1.807) is 0 Å². The summed E-state index contributed by atoms with van der Waals surface area (Å²) < 4.78 is 11.1. The first-order valence-corrected chi connectivity index (χ1v) is 11.0. The van der Waals surface area contributed by atoms with E-state index in [2.05, 4.69) is 0 Å². The van der Waals surface area contributed by atoms with E-state index >= 15 is 0 Å². The second-order valence-corrected chi connectivity index (χ2v) is 7.98. The Morgan fingerprint density at radius 2 is 1.18 bits per heavy atom. The van der Waals surface area contributed by atoms with Gasteiger partial charge in [-0.2, -0.15) is 0 Å². The number of ether oxygens (including phenoxy) is 2. The quantitative estimate of drug-likeness (QED) is 0.431. The van der Waals surface area contributed by atoms with Gasteiger partial charge < -0.3 is 19.7 Å². The van der Waals surface area contributed by atoms with Crippen molar-refractivity contribution in [1.82, 2.24) is 0 Å². The van der Waals surface area contributed by atoms with Crippen LogP contribution >= 0.6 is 0 Å². The van der Waals surface area contributed by atoms with Crippen molar-refractivity contribution in [2.24, 2.45) is 0 Å². The topological polar surface area (TPSA) is 76.0 Å². The number of ketones is 1. The van der Waals surface area contributed by atoms with Crippen LogP contribution in [0.15, 0.2) is 84.9 Å². The summed E-state index contributed by atoms with van der Waals surface area (Å²) in [4.78, 5) is 14.2. The number of Topliss-reactive ketones (excluding diaryl/α,β-unsaturated/α-hetero) is 1. The smallest absolute Gasteiger partial charge is 0.182 e. The Balaban J connectivity index is 1.71. The van der Waals surface area contributed by atoms with Gasteiger partial charge in [-0.1, -0.05) is 60.7 Å². The average Bonchev–Trinajstić information content (AvgIpc) is 3.12. The third-order valence-electron chi connectivity index (χ3n) is 6.19. The zero-order chi connectivity index (χ0) is 22.8. The average molecular weight is 440 g/mol. The molecule has 0 aromatic heterocycles. The fourth-order valence-corrected chi connectivity index (χ4v) is 4.84. The number of carbonyl (C=O) groups is 1. The van der Waals surface area contributed by atoms with Crippen LogP contribution in [0.1, 0.15) is 27.0 Å². The molecule has 0 atom stereocenters. The van der Waals surface area contributed by atoms with Gasteiger partial charge in [0.2, 0.25) is 0 Å². The monoisotopic (exact) mass is 440 g/mol. The van der Waals surface area contributed by atoms with Crippen LogP contribution in [0.3, 0.4) is 0 Å². The first-order valence-electron chi connectivity index (χ1n) is 11.0. The zero-order valence-corrected chi connectivity index (χ0v) is 18.0. The molecule has 0 radical (unpaired) electrons. The number of benzene rings is 4. The molecular weight excluding hydrogens is 416 g/mol. The van der Waals surface area contributed by atoms with Crippen molar-refractivity contribution in [3.8, 4) is 11.5 Å². The Morgan fingerprint density at radius 1 is 0.667 bits per heavy atom. The summed E-state index contributed by atoms with van der Waals surface area (Å²) in [6.07, 6.45) is 0. The fraction of sp³-hybridized carbons (Fsp3) is 0.179. The Labute approximate surface area is 191 Å². The van der Waals surface area contributed by atoms with Gasteiger partial charge in [0.05, 0.1) is 13.2 Å². The van der Waals surface area contributed by atoms with Crippen LogP contribution in [0.2, 0.25) is 0 Å². The Hall–Kier alpha value is -3.67. The lowest BCUT2D eigenvalue weighted by Crippen LogP contribution is -2.35. The number of hydrogen-bond donors (Lipinski definition) is 2. The summed E-state index contributed by atoms with van der Waals surface area (Å²) in [6.45, 7) is 0.297. The maximum Gasteiger partial charge on any atom is 0.182 e. The molecule has 5 nitrogen and oxygen atoms in total. The van der Waals surface area contributed by atoms with Gasteiger partial charge in [-0.15, -0.1) is 0 Å². The first-order chi connectivity index (χ1) is 16.2. The van der Waals surface area contributed by atoms with Crippen molar-refractivity contribution >= 4 is 16.6 Å². The van der Waals surface area contributed by atoms with Crippen LogP contribution in [0.25, 0.3) is 10.8 Å². The molecule has 1 aliphatic carbocycles. The van der Waals surface area contributed by atoms with Crippen LogP contribution < -0.4 is 9.47 Å². The Bertz CT molecular complexity index is 1240. The Morgan fingerprint density at radius 3 is 1.70 bits per heavy atom. The highest BCUT2D eigenvalue weighted by Crippen LogP contribution is 2.51. The highest BCUT2D eigenvalue weighted by atomic mass is 16.5. The predicted molar refractivity (Wildman–Crippen MR) is 126 cm³/mol. The third-order valence-corrected chi connectivity index (χ3v) is 6.19. The van der Waals surface area contributed by atoms with Crippen LogP contribution in [0.5, 0.6) is 11.5 Å². The van der Waals surface area contributed by atoms with E-state index in [-0.39, 0.29) is 32.2 Å². The minimum absolute atomic E-state index is 0.0300. The van der Waals surface area contributed by atoms with Gasteiger partial charge in [0.1, 0.15) is 30.1 Å². The summed E-state index contributed by atoms with van der Waals surface area (Å²) in [5.41, 5.74) is 2.35. The van der Waals surface area contributed by atoms with Crippen molar-refractivity contribution in [1.29, 1.82) is 0 Å². The zero-order valence-electron chi connectivity index (χ0n) is 18.0. The fourth-order valence-electron chi connectivity index (χ4n) is 4.84. The highest BCUT2D eigenvalue weighted by Gasteiger charge is 2.50. The number of aliphatic hydroxyl groups is 2. The van der Waals surface area contributed by atoms with E-state index in [0.29, 0.717) is 17.1 Å². The van der Waals surface area contributed by atoms with Gasteiger partial charge in [-0.3, -0.25) is 4.79 Å². The van der Waals surface area contributed by atoms with Gasteiger partial charge in [-0.05, 0) is 51.7 Å². The lowest BCUT2D eigenvalue weighted by molar-refractivity contribution is 0.0944. The van der Waals surface area contributed by atoms with E-state index in [1.807, 2.05) is 84.9 Å². The molecule has 0 spiro atoms. The molecule has 4 aromatic rings. The lowest BCUT2D eigenvalue weighted by Gasteiger charge is -2.31. The molecule has 0 unspecified atom stereocenters. The summed E-state index contributed by atoms with van der Waals surface area (Å²) in [6, 6.07) is 26.9. The molecule has 0 saturated carbocycles. The predicted octanol–water partition coefficient (Wildman–Crippen LogP) is 4.11. The van der Waals surface area contributed by atoms with Crippen molar-refractivity contribution in [2.75, 3.05) is 26.4 Å². The largest absolute Gasteiger partial charge is 0.491 e. The summed E-state index contributed by atoms with van der Waals surface area (Å²) >= 11 is 0. The molecule has 0 amide bonds. The van der Waals surface area contributed by atoms with Gasteiger partial charge in [0.25, 0.3) is 0 Å². The molecule has 5 heteroatoms. The minimum atomic E-state index is -1.01. The lowest BCUT2D eigenvalue weighted by atomic mass is 9.69. The van der Waals surface area contributed by atoms with E-state index in [1.165, 1.54) is 0 Å². The first kappa shape index (κ1) is 21.2. The highest BCUT2D eigenvalue weighted by molar-refractivity contribution is 6.23. The van der Waals surface area contributed by atoms with Crippen molar-refractivity contribution in [2.45, 2.75) is 5.41 Å². The molecule has 2 N–H and O–H groups in total. The van der Waals surface area contributed by atoms with Crippen molar-refractivity contribution in [3.05, 3.63) is 107 Å². The molecule has 0 aliphatic heterocycles. The standard InChI is InChI=1S/C28H24O5/c29-15-17-32-22-11-7-20(8-12-22)28(21-9-13-23(14-10-21)33-18-16-30)25-6-2-4-19-3-1-5-24(26(19)25)27(28)31/h1-14,29-30H,15-18H2. The van der Waals surface area contributed by atoms with Crippen molar-refractivity contribution in [3.63, 3.8) is 0 Å². The maximum atomic E-state index is 14.2. The van der Waals surface area contributed by atoms with E-state index < -0.39 is 5.41 Å². The molecule has 0 fully saturated rings. The molecule has 166 valence electrons. The Kier molecular flexibility index (Phi) is 5.58. The molecule has 33 heavy (non-hydrogen) atoms.